The van der Waals surface area contributed by atoms with Gasteiger partial charge < -0.3 is 20.9 Å². The van der Waals surface area contributed by atoms with Crippen molar-refractivity contribution in [3.63, 3.8) is 0 Å². The summed E-state index contributed by atoms with van der Waals surface area (Å²) in [4.78, 5) is 25.8. The van der Waals surface area contributed by atoms with E-state index in [2.05, 4.69) is 34.7 Å². The Morgan fingerprint density at radius 2 is 1.25 bits per heavy atom. The van der Waals surface area contributed by atoms with Gasteiger partial charge in [0.1, 0.15) is 0 Å². The number of hydrogen-bond donors (Lipinski definition) is 3. The normalized spacial score (nSPS) is 10.8. The average molecular weight is 439 g/mol. The van der Waals surface area contributed by atoms with E-state index in [4.69, 9.17) is 0 Å². The van der Waals surface area contributed by atoms with Gasteiger partial charge in [-0.15, -0.1) is 0 Å². The molecule has 0 aromatic heterocycles. The first-order chi connectivity index (χ1) is 15.5. The number of carbonyl (C=O) groups is 2. The van der Waals surface area contributed by atoms with Gasteiger partial charge in [-0.05, 0) is 67.7 Å². The van der Waals surface area contributed by atoms with Crippen molar-refractivity contribution < 1.29 is 9.59 Å². The third-order valence-electron chi connectivity index (χ3n) is 5.26. The molecule has 0 atom stereocenters. The summed E-state index contributed by atoms with van der Waals surface area (Å²) in [5.41, 5.74) is 3.89. The molecule has 2 aromatic rings. The molecule has 0 saturated heterocycles. The highest BCUT2D eigenvalue weighted by atomic mass is 16.2. The van der Waals surface area contributed by atoms with E-state index in [1.54, 1.807) is 0 Å². The quantitative estimate of drug-likeness (QED) is 0.399. The van der Waals surface area contributed by atoms with Crippen molar-refractivity contribution in [1.82, 2.24) is 10.2 Å². The van der Waals surface area contributed by atoms with E-state index in [0.717, 1.165) is 48.6 Å². The number of unbranched alkanes of at least 4 members (excludes halogenated alkanes) is 2. The largest absolute Gasteiger partial charge is 0.337 e. The number of nitrogens with zero attached hydrogens (tertiary/aromatic N) is 1. The summed E-state index contributed by atoms with van der Waals surface area (Å²) in [6.45, 7) is 9.63. The Labute approximate surface area is 192 Å². The molecule has 0 aliphatic heterocycles. The molecular weight excluding hydrogens is 400 g/mol. The first kappa shape index (κ1) is 25.4. The molecule has 0 saturated carbocycles. The highest BCUT2D eigenvalue weighted by Crippen LogP contribution is 2.16. The molecule has 32 heavy (non-hydrogen) atoms. The van der Waals surface area contributed by atoms with Crippen molar-refractivity contribution >= 4 is 23.3 Å². The van der Waals surface area contributed by atoms with Gasteiger partial charge in [0.25, 0.3) is 0 Å². The summed E-state index contributed by atoms with van der Waals surface area (Å²) in [5.74, 6) is -0.0739. The van der Waals surface area contributed by atoms with Crippen LogP contribution in [0.25, 0.3) is 0 Å². The second-order valence-electron chi connectivity index (χ2n) is 8.18. The molecule has 0 radical (unpaired) electrons. The van der Waals surface area contributed by atoms with Gasteiger partial charge in [0.05, 0.1) is 0 Å². The molecule has 0 aliphatic rings. The number of benzene rings is 2. The van der Waals surface area contributed by atoms with Gasteiger partial charge in [-0.2, -0.15) is 0 Å². The maximum Gasteiger partial charge on any atom is 0.319 e. The van der Waals surface area contributed by atoms with Crippen LogP contribution in [0.1, 0.15) is 57.6 Å². The predicted octanol–water partition coefficient (Wildman–Crippen LogP) is 5.26. The van der Waals surface area contributed by atoms with E-state index in [0.29, 0.717) is 6.54 Å². The second-order valence-corrected chi connectivity index (χ2v) is 8.18. The number of urea groups is 1. The summed E-state index contributed by atoms with van der Waals surface area (Å²) in [7, 11) is 0. The van der Waals surface area contributed by atoms with Crippen molar-refractivity contribution in [2.24, 2.45) is 0 Å². The van der Waals surface area contributed by atoms with Crippen molar-refractivity contribution in [2.45, 2.75) is 52.9 Å². The molecule has 0 aliphatic carbocycles. The minimum absolute atomic E-state index is 0.0739. The molecule has 0 fully saturated rings. The van der Waals surface area contributed by atoms with Gasteiger partial charge in [-0.3, -0.25) is 4.79 Å². The monoisotopic (exact) mass is 438 g/mol. The van der Waals surface area contributed by atoms with E-state index in [-0.39, 0.29) is 11.9 Å². The minimum atomic E-state index is -0.169. The fraction of sp³-hybridized carbons (Fsp3) is 0.462. The predicted molar refractivity (Wildman–Crippen MR) is 133 cm³/mol. The van der Waals surface area contributed by atoms with E-state index in [1.807, 2.05) is 48.5 Å². The lowest BCUT2D eigenvalue weighted by atomic mass is 10.0. The Morgan fingerprint density at radius 1 is 0.750 bits per heavy atom. The molecule has 0 unspecified atom stereocenters. The lowest BCUT2D eigenvalue weighted by molar-refractivity contribution is -0.114. The van der Waals surface area contributed by atoms with Crippen LogP contribution in [0.2, 0.25) is 0 Å². The van der Waals surface area contributed by atoms with Crippen LogP contribution in [0.3, 0.4) is 0 Å². The van der Waals surface area contributed by atoms with Crippen LogP contribution in [0.4, 0.5) is 16.2 Å². The second kappa shape index (κ2) is 14.2. The maximum absolute atomic E-state index is 12.2. The summed E-state index contributed by atoms with van der Waals surface area (Å²) in [5, 5.41) is 8.65. The smallest absolute Gasteiger partial charge is 0.319 e. The zero-order chi connectivity index (χ0) is 23.2. The van der Waals surface area contributed by atoms with Crippen molar-refractivity contribution in [3.8, 4) is 0 Å². The van der Waals surface area contributed by atoms with Crippen molar-refractivity contribution in [2.75, 3.05) is 36.8 Å². The topological polar surface area (TPSA) is 73.5 Å². The van der Waals surface area contributed by atoms with Crippen LogP contribution in [-0.4, -0.2) is 43.0 Å². The minimum Gasteiger partial charge on any atom is -0.337 e. The van der Waals surface area contributed by atoms with Crippen molar-refractivity contribution in [3.05, 3.63) is 59.7 Å². The fourth-order valence-electron chi connectivity index (χ4n) is 3.45. The number of anilines is 2. The average Bonchev–Trinajstić information content (AvgIpc) is 2.77. The Kier molecular flexibility index (Phi) is 11.3. The lowest BCUT2D eigenvalue weighted by Crippen LogP contribution is -2.37. The van der Waals surface area contributed by atoms with Crippen molar-refractivity contribution in [1.29, 1.82) is 0 Å². The van der Waals surface area contributed by atoms with Crippen LogP contribution < -0.4 is 16.0 Å². The fourth-order valence-corrected chi connectivity index (χ4v) is 3.45. The maximum atomic E-state index is 12.2. The number of amides is 3. The molecule has 3 N–H and O–H groups in total. The third-order valence-corrected chi connectivity index (χ3v) is 5.26. The van der Waals surface area contributed by atoms with Crippen LogP contribution in [0, 0.1) is 0 Å². The summed E-state index contributed by atoms with van der Waals surface area (Å²) in [6, 6.07) is 15.6. The van der Waals surface area contributed by atoms with Gasteiger partial charge in [0.15, 0.2) is 0 Å². The Bertz CT molecular complexity index is 811. The molecule has 0 heterocycles. The SMILES string of the molecule is CCCCN(CCCC)CCNC(=O)Nc1ccc(Cc2ccc(NC(C)=O)cc2)cc1. The van der Waals surface area contributed by atoms with Crippen LogP contribution in [0.15, 0.2) is 48.5 Å². The molecule has 6 nitrogen and oxygen atoms in total. The molecule has 0 spiro atoms. The Morgan fingerprint density at radius 3 is 1.72 bits per heavy atom. The van der Waals surface area contributed by atoms with Crippen LogP contribution in [0.5, 0.6) is 0 Å². The van der Waals surface area contributed by atoms with E-state index in [9.17, 15) is 9.59 Å². The highest BCUT2D eigenvalue weighted by Gasteiger charge is 2.06. The number of rotatable bonds is 13. The van der Waals surface area contributed by atoms with Gasteiger partial charge in [0.2, 0.25) is 5.91 Å². The molecular formula is C26H38N4O2. The Balaban J connectivity index is 1.76. The molecule has 174 valence electrons. The van der Waals surface area contributed by atoms with E-state index in [1.165, 1.54) is 32.6 Å². The molecule has 3 amide bonds. The van der Waals surface area contributed by atoms with E-state index >= 15 is 0 Å². The first-order valence-electron chi connectivity index (χ1n) is 11.7. The van der Waals surface area contributed by atoms with Gasteiger partial charge in [-0.25, -0.2) is 4.79 Å². The lowest BCUT2D eigenvalue weighted by Gasteiger charge is -2.22. The molecule has 6 heteroatoms. The number of nitrogens with one attached hydrogen (secondary N) is 3. The molecule has 0 bridgehead atoms. The van der Waals surface area contributed by atoms with Crippen LogP contribution >= 0.6 is 0 Å². The summed E-state index contributed by atoms with van der Waals surface area (Å²) < 4.78 is 0. The van der Waals surface area contributed by atoms with Crippen LogP contribution in [-0.2, 0) is 11.2 Å². The number of hydrogen-bond acceptors (Lipinski definition) is 3. The third kappa shape index (κ3) is 9.96. The standard InChI is InChI=1S/C26H38N4O2/c1-4-6-17-30(18-7-5-2)19-16-27-26(32)29-25-14-10-23(11-15-25)20-22-8-12-24(13-9-22)28-21(3)31/h8-15H,4-7,16-20H2,1-3H3,(H,28,31)(H2,27,29,32). The summed E-state index contributed by atoms with van der Waals surface area (Å²) in [6.07, 6.45) is 5.56. The first-order valence-corrected chi connectivity index (χ1v) is 11.7. The zero-order valence-electron chi connectivity index (χ0n) is 19.7. The van der Waals surface area contributed by atoms with E-state index < -0.39 is 0 Å². The highest BCUT2D eigenvalue weighted by molar-refractivity contribution is 5.89. The van der Waals surface area contributed by atoms with Gasteiger partial charge in [-0.1, -0.05) is 51.0 Å². The van der Waals surface area contributed by atoms with Gasteiger partial charge in [0, 0.05) is 31.4 Å². The molecule has 2 aromatic carbocycles. The number of carbonyl (C=O) groups excluding carboxylic acids is 2. The zero-order valence-corrected chi connectivity index (χ0v) is 19.7. The van der Waals surface area contributed by atoms with Gasteiger partial charge >= 0.3 is 6.03 Å². The molecule has 2 rings (SSSR count). The summed E-state index contributed by atoms with van der Waals surface area (Å²) >= 11 is 0. The Hall–Kier alpha value is -2.86.